The Balaban J connectivity index is 1.57. The Kier molecular flexibility index (Phi) is 6.20. The molecule has 1 aliphatic carbocycles. The van der Waals surface area contributed by atoms with E-state index >= 15 is 0 Å². The molecule has 0 radical (unpaired) electrons. The van der Waals surface area contributed by atoms with Crippen LogP contribution in [-0.4, -0.2) is 27.0 Å². The van der Waals surface area contributed by atoms with Gasteiger partial charge in [0.1, 0.15) is 5.00 Å². The number of benzene rings is 1. The Hall–Kier alpha value is -2.97. The van der Waals surface area contributed by atoms with Gasteiger partial charge in [0.15, 0.2) is 5.11 Å². The molecule has 2 aromatic heterocycles. The summed E-state index contributed by atoms with van der Waals surface area (Å²) in [7, 11) is 0. The number of thiocarbonyl (C=S) groups is 1. The topological polar surface area (TPSA) is 78.7 Å². The number of para-hydroxylation sites is 1. The highest BCUT2D eigenvalue weighted by atomic mass is 32.1. The van der Waals surface area contributed by atoms with E-state index in [1.54, 1.807) is 17.6 Å². The largest absolute Gasteiger partial charge is 0.478 e. The fraction of sp³-hybridized carbons (Fsp3) is 0.261. The van der Waals surface area contributed by atoms with Gasteiger partial charge in [0, 0.05) is 27.5 Å². The van der Waals surface area contributed by atoms with E-state index in [9.17, 15) is 9.90 Å². The summed E-state index contributed by atoms with van der Waals surface area (Å²) in [6.45, 7) is 3.98. The maximum Gasteiger partial charge on any atom is 0.339 e. The molecule has 3 N–H and O–H groups in total. The van der Waals surface area contributed by atoms with E-state index in [0.29, 0.717) is 10.7 Å². The number of anilines is 1. The summed E-state index contributed by atoms with van der Waals surface area (Å²) in [5.74, 6) is -0.851. The van der Waals surface area contributed by atoms with Crippen LogP contribution in [0.25, 0.3) is 5.00 Å². The van der Waals surface area contributed by atoms with Gasteiger partial charge in [0.05, 0.1) is 11.8 Å². The summed E-state index contributed by atoms with van der Waals surface area (Å²) in [6, 6.07) is 11.7. The van der Waals surface area contributed by atoms with Gasteiger partial charge in [0.25, 0.3) is 0 Å². The molecule has 0 aliphatic heterocycles. The Labute approximate surface area is 190 Å². The van der Waals surface area contributed by atoms with E-state index in [1.165, 1.54) is 4.88 Å². The Morgan fingerprint density at radius 1 is 1.23 bits per heavy atom. The number of nitrogens with one attached hydrogen (secondary N) is 2. The number of aryl methyl sites for hydroxylation is 2. The average Bonchev–Trinajstić information content (AvgIpc) is 3.25. The molecule has 6 nitrogen and oxygen atoms in total. The van der Waals surface area contributed by atoms with E-state index in [4.69, 9.17) is 12.2 Å². The number of aromatic nitrogens is 1. The number of rotatable bonds is 5. The first-order chi connectivity index (χ1) is 15.0. The maximum atomic E-state index is 12.1. The lowest BCUT2D eigenvalue weighted by Gasteiger charge is -2.11. The Morgan fingerprint density at radius 2 is 1.97 bits per heavy atom. The van der Waals surface area contributed by atoms with Gasteiger partial charge in [-0.2, -0.15) is 5.10 Å². The monoisotopic (exact) mass is 452 g/mol. The fourth-order valence-electron chi connectivity index (χ4n) is 4.00. The molecule has 0 atom stereocenters. The van der Waals surface area contributed by atoms with Crippen molar-refractivity contribution in [3.8, 4) is 5.00 Å². The second kappa shape index (κ2) is 9.03. The third-order valence-electron chi connectivity index (χ3n) is 5.44. The molecule has 160 valence electrons. The van der Waals surface area contributed by atoms with Crippen molar-refractivity contribution in [3.05, 3.63) is 69.4 Å². The van der Waals surface area contributed by atoms with Crippen LogP contribution in [0.2, 0.25) is 0 Å². The molecule has 0 saturated carbocycles. The van der Waals surface area contributed by atoms with Crippen LogP contribution in [0.15, 0.2) is 41.5 Å². The van der Waals surface area contributed by atoms with Crippen LogP contribution in [0.5, 0.6) is 0 Å². The molecule has 0 spiro atoms. The van der Waals surface area contributed by atoms with Crippen molar-refractivity contribution in [3.63, 3.8) is 0 Å². The predicted octanol–water partition coefficient (Wildman–Crippen LogP) is 5.05. The standard InChI is InChI=1S/C23H24N4O2S2/c1-14-12-16(13-24-26-23(30)25-17-8-4-3-5-9-17)15(2)27(14)21-20(22(28)29)18-10-6-7-11-19(18)31-21/h3-5,8-9,12-13H,6-7,10-11H2,1-2H3,(H,28,29)(H2,25,26,30)/b24-13+. The lowest BCUT2D eigenvalue weighted by atomic mass is 9.95. The van der Waals surface area contributed by atoms with E-state index in [1.807, 2.05) is 54.8 Å². The number of hydrogen-bond donors (Lipinski definition) is 3. The van der Waals surface area contributed by atoms with Crippen LogP contribution in [0.4, 0.5) is 5.69 Å². The van der Waals surface area contributed by atoms with E-state index in [0.717, 1.165) is 58.9 Å². The summed E-state index contributed by atoms with van der Waals surface area (Å²) in [4.78, 5) is 13.3. The van der Waals surface area contributed by atoms with Gasteiger partial charge in [0.2, 0.25) is 0 Å². The average molecular weight is 453 g/mol. The van der Waals surface area contributed by atoms with Crippen LogP contribution >= 0.6 is 23.6 Å². The van der Waals surface area contributed by atoms with E-state index in [-0.39, 0.29) is 0 Å². The van der Waals surface area contributed by atoms with Gasteiger partial charge in [-0.15, -0.1) is 11.3 Å². The SMILES string of the molecule is Cc1cc(/C=N/NC(=S)Nc2ccccc2)c(C)n1-c1sc2c(c1C(=O)O)CCCC2. The van der Waals surface area contributed by atoms with Crippen molar-refractivity contribution in [1.82, 2.24) is 9.99 Å². The molecule has 0 bridgehead atoms. The quantitative estimate of drug-likeness (QED) is 0.287. The highest BCUT2D eigenvalue weighted by Gasteiger charge is 2.27. The number of nitrogens with zero attached hydrogens (tertiary/aromatic N) is 2. The third-order valence-corrected chi connectivity index (χ3v) is 6.91. The van der Waals surface area contributed by atoms with Crippen LogP contribution in [0.1, 0.15) is 50.6 Å². The first kappa shape index (κ1) is 21.3. The van der Waals surface area contributed by atoms with Crippen molar-refractivity contribution in [2.45, 2.75) is 39.5 Å². The molecule has 3 aromatic rings. The van der Waals surface area contributed by atoms with E-state index in [2.05, 4.69) is 15.8 Å². The van der Waals surface area contributed by atoms with Crippen LogP contribution in [0.3, 0.4) is 0 Å². The number of carboxylic acids is 1. The van der Waals surface area contributed by atoms with Crippen LogP contribution < -0.4 is 10.7 Å². The van der Waals surface area contributed by atoms with Gasteiger partial charge in [-0.1, -0.05) is 18.2 Å². The molecule has 2 heterocycles. The summed E-state index contributed by atoms with van der Waals surface area (Å²) in [5.41, 5.74) is 8.03. The van der Waals surface area contributed by atoms with Gasteiger partial charge in [-0.25, -0.2) is 4.79 Å². The normalized spacial score (nSPS) is 13.2. The van der Waals surface area contributed by atoms with Gasteiger partial charge < -0.3 is 15.0 Å². The minimum Gasteiger partial charge on any atom is -0.478 e. The maximum absolute atomic E-state index is 12.1. The zero-order valence-corrected chi connectivity index (χ0v) is 19.1. The molecular weight excluding hydrogens is 428 g/mol. The minimum atomic E-state index is -0.851. The molecule has 0 unspecified atom stereocenters. The molecule has 8 heteroatoms. The Bertz CT molecular complexity index is 1160. The number of aromatic carboxylic acids is 1. The van der Waals surface area contributed by atoms with Crippen molar-refractivity contribution in [2.24, 2.45) is 5.10 Å². The number of thiophene rings is 1. The molecule has 1 aliphatic rings. The second-order valence-electron chi connectivity index (χ2n) is 7.55. The predicted molar refractivity (Wildman–Crippen MR) is 130 cm³/mol. The summed E-state index contributed by atoms with van der Waals surface area (Å²) >= 11 is 6.89. The summed E-state index contributed by atoms with van der Waals surface area (Å²) in [5, 5.41) is 18.4. The smallest absolute Gasteiger partial charge is 0.339 e. The summed E-state index contributed by atoms with van der Waals surface area (Å²) < 4.78 is 2.04. The zero-order chi connectivity index (χ0) is 22.0. The molecule has 0 saturated heterocycles. The van der Waals surface area contributed by atoms with Gasteiger partial charge in [-0.05, 0) is 75.5 Å². The Morgan fingerprint density at radius 3 is 2.71 bits per heavy atom. The van der Waals surface area contributed by atoms with Gasteiger partial charge >= 0.3 is 5.97 Å². The minimum absolute atomic E-state index is 0.398. The van der Waals surface area contributed by atoms with Crippen molar-refractivity contribution < 1.29 is 9.90 Å². The first-order valence-electron chi connectivity index (χ1n) is 10.2. The number of hydrogen-bond acceptors (Lipinski definition) is 4. The first-order valence-corrected chi connectivity index (χ1v) is 11.4. The molecule has 4 rings (SSSR count). The lowest BCUT2D eigenvalue weighted by molar-refractivity contribution is 0.0696. The third kappa shape index (κ3) is 4.40. The lowest BCUT2D eigenvalue weighted by Crippen LogP contribution is -2.23. The molecule has 0 fully saturated rings. The molecule has 31 heavy (non-hydrogen) atoms. The summed E-state index contributed by atoms with van der Waals surface area (Å²) in [6.07, 6.45) is 5.69. The number of fused-ring (bicyclic) bond motifs is 1. The molecular formula is C23H24N4O2S2. The van der Waals surface area contributed by atoms with Crippen molar-refractivity contribution >= 4 is 46.5 Å². The van der Waals surface area contributed by atoms with Crippen LogP contribution in [-0.2, 0) is 12.8 Å². The fourth-order valence-corrected chi connectivity index (χ4v) is 5.66. The highest BCUT2D eigenvalue weighted by molar-refractivity contribution is 7.80. The zero-order valence-electron chi connectivity index (χ0n) is 17.4. The van der Waals surface area contributed by atoms with Crippen molar-refractivity contribution in [1.29, 1.82) is 0 Å². The van der Waals surface area contributed by atoms with E-state index < -0.39 is 5.97 Å². The van der Waals surface area contributed by atoms with Gasteiger partial charge in [-0.3, -0.25) is 5.43 Å². The number of carboxylic acid groups (broad SMARTS) is 1. The van der Waals surface area contributed by atoms with Crippen molar-refractivity contribution in [2.75, 3.05) is 5.32 Å². The second-order valence-corrected chi connectivity index (χ2v) is 9.04. The number of carbonyl (C=O) groups is 1. The van der Waals surface area contributed by atoms with Crippen LogP contribution in [0, 0.1) is 13.8 Å². The molecule has 1 aromatic carbocycles. The molecule has 0 amide bonds. The number of hydrazone groups is 1. The highest BCUT2D eigenvalue weighted by Crippen LogP contribution is 2.38.